The molecule has 1 aromatic rings. The van der Waals surface area contributed by atoms with Crippen molar-refractivity contribution in [2.45, 2.75) is 38.1 Å². The van der Waals surface area contributed by atoms with Gasteiger partial charge in [0.25, 0.3) is 0 Å². The van der Waals surface area contributed by atoms with Gasteiger partial charge >= 0.3 is 6.09 Å². The van der Waals surface area contributed by atoms with Gasteiger partial charge in [-0.2, -0.15) is 0 Å². The molecule has 0 aliphatic carbocycles. The minimum atomic E-state index is -1.11. The highest BCUT2D eigenvalue weighted by atomic mass is 32.1. The summed E-state index contributed by atoms with van der Waals surface area (Å²) in [6.45, 7) is 3.50. The largest absolute Gasteiger partial charge is 0.465 e. The van der Waals surface area contributed by atoms with E-state index in [9.17, 15) is 19.4 Å². The molecule has 7 heteroatoms. The second-order valence-corrected chi connectivity index (χ2v) is 5.90. The molecular formula is C12H16FNO4S. The highest BCUT2D eigenvalue weighted by Gasteiger charge is 2.44. The van der Waals surface area contributed by atoms with Crippen LogP contribution in [0, 0.1) is 5.82 Å². The lowest BCUT2D eigenvalue weighted by atomic mass is 10.1. The van der Waals surface area contributed by atoms with Crippen LogP contribution in [0.4, 0.5) is 9.18 Å². The standard InChI is InChI=1S/C12H16FNO4S/c1-12(2)14(11(16)17)7(6-18-12)5-9(15)10-8(13)3-4-19-10/h3-4,7,9,15H,5-6H2,1-2H3,(H,16,17)/t7?,9-/m0/s1. The Labute approximate surface area is 114 Å². The van der Waals surface area contributed by atoms with Crippen LogP contribution in [0.25, 0.3) is 0 Å². The highest BCUT2D eigenvalue weighted by Crippen LogP contribution is 2.34. The van der Waals surface area contributed by atoms with E-state index < -0.39 is 29.8 Å². The lowest BCUT2D eigenvalue weighted by Gasteiger charge is -2.31. The summed E-state index contributed by atoms with van der Waals surface area (Å²) in [4.78, 5) is 12.7. The van der Waals surface area contributed by atoms with Crippen molar-refractivity contribution in [3.8, 4) is 0 Å². The summed E-state index contributed by atoms with van der Waals surface area (Å²) >= 11 is 1.12. The van der Waals surface area contributed by atoms with Crippen molar-refractivity contribution in [1.82, 2.24) is 4.90 Å². The Balaban J connectivity index is 2.11. The molecule has 2 heterocycles. The topological polar surface area (TPSA) is 70.0 Å². The van der Waals surface area contributed by atoms with Crippen molar-refractivity contribution in [1.29, 1.82) is 0 Å². The smallest absolute Gasteiger partial charge is 0.409 e. The zero-order valence-electron chi connectivity index (χ0n) is 10.7. The predicted octanol–water partition coefficient (Wildman–Crippen LogP) is 2.43. The Morgan fingerprint density at radius 3 is 2.95 bits per heavy atom. The molecule has 0 saturated carbocycles. The van der Waals surface area contributed by atoms with E-state index >= 15 is 0 Å². The van der Waals surface area contributed by atoms with E-state index in [-0.39, 0.29) is 17.9 Å². The molecule has 1 fully saturated rings. The molecule has 1 amide bonds. The molecule has 19 heavy (non-hydrogen) atoms. The third-order valence-corrected chi connectivity index (χ3v) is 4.22. The molecule has 1 saturated heterocycles. The van der Waals surface area contributed by atoms with E-state index in [1.165, 1.54) is 11.0 Å². The van der Waals surface area contributed by atoms with Gasteiger partial charge in [-0.3, -0.25) is 4.90 Å². The molecular weight excluding hydrogens is 273 g/mol. The fourth-order valence-corrected chi connectivity index (χ4v) is 3.12. The van der Waals surface area contributed by atoms with Crippen LogP contribution >= 0.6 is 11.3 Å². The van der Waals surface area contributed by atoms with Crippen LogP contribution in [0.5, 0.6) is 0 Å². The van der Waals surface area contributed by atoms with Gasteiger partial charge in [0.15, 0.2) is 0 Å². The van der Waals surface area contributed by atoms with Crippen molar-refractivity contribution < 1.29 is 24.1 Å². The van der Waals surface area contributed by atoms with Gasteiger partial charge in [-0.05, 0) is 25.3 Å². The van der Waals surface area contributed by atoms with Crippen LogP contribution in [0.3, 0.4) is 0 Å². The number of rotatable bonds is 3. The van der Waals surface area contributed by atoms with Crippen molar-refractivity contribution >= 4 is 17.4 Å². The fraction of sp³-hybridized carbons (Fsp3) is 0.583. The maximum atomic E-state index is 13.4. The summed E-state index contributed by atoms with van der Waals surface area (Å²) in [6.07, 6.45) is -2.01. The first-order valence-electron chi connectivity index (χ1n) is 5.90. The van der Waals surface area contributed by atoms with E-state index in [0.717, 1.165) is 11.3 Å². The number of ether oxygens (including phenoxy) is 1. The van der Waals surface area contributed by atoms with Gasteiger partial charge in [0.05, 0.1) is 23.6 Å². The molecule has 2 rings (SSSR count). The number of nitrogens with zero attached hydrogens (tertiary/aromatic N) is 1. The number of hydrogen-bond donors (Lipinski definition) is 2. The van der Waals surface area contributed by atoms with E-state index in [1.54, 1.807) is 19.2 Å². The maximum Gasteiger partial charge on any atom is 0.409 e. The second kappa shape index (κ2) is 5.07. The number of amides is 1. The number of halogens is 1. The van der Waals surface area contributed by atoms with Crippen LogP contribution in [-0.2, 0) is 4.74 Å². The fourth-order valence-electron chi connectivity index (χ4n) is 2.35. The SMILES string of the molecule is CC1(C)OCC(C[C@H](O)c2sccc2F)N1C(=O)O. The zero-order chi connectivity index (χ0) is 14.2. The number of carboxylic acid groups (broad SMARTS) is 1. The summed E-state index contributed by atoms with van der Waals surface area (Å²) in [5.41, 5.74) is -0.926. The summed E-state index contributed by atoms with van der Waals surface area (Å²) in [5.74, 6) is -0.461. The van der Waals surface area contributed by atoms with Crippen molar-refractivity contribution in [2.75, 3.05) is 6.61 Å². The van der Waals surface area contributed by atoms with Crippen LogP contribution < -0.4 is 0 Å². The molecule has 0 bridgehead atoms. The van der Waals surface area contributed by atoms with Crippen molar-refractivity contribution in [3.63, 3.8) is 0 Å². The molecule has 0 radical (unpaired) electrons. The molecule has 0 spiro atoms. The first kappa shape index (κ1) is 14.2. The summed E-state index contributed by atoms with van der Waals surface area (Å²) in [7, 11) is 0. The Hall–Kier alpha value is -1.18. The molecule has 1 unspecified atom stereocenters. The first-order chi connectivity index (χ1) is 8.83. The molecule has 106 valence electrons. The van der Waals surface area contributed by atoms with E-state index in [4.69, 9.17) is 4.74 Å². The van der Waals surface area contributed by atoms with E-state index in [1.807, 2.05) is 0 Å². The molecule has 2 N–H and O–H groups in total. The predicted molar refractivity (Wildman–Crippen MR) is 67.5 cm³/mol. The van der Waals surface area contributed by atoms with Crippen LogP contribution in [0.2, 0.25) is 0 Å². The Kier molecular flexibility index (Phi) is 3.80. The van der Waals surface area contributed by atoms with E-state index in [0.29, 0.717) is 0 Å². The monoisotopic (exact) mass is 289 g/mol. The van der Waals surface area contributed by atoms with Crippen LogP contribution in [-0.4, -0.2) is 39.6 Å². The van der Waals surface area contributed by atoms with Crippen LogP contribution in [0.1, 0.15) is 31.2 Å². The summed E-state index contributed by atoms with van der Waals surface area (Å²) < 4.78 is 18.8. The van der Waals surface area contributed by atoms with Gasteiger partial charge in [-0.25, -0.2) is 9.18 Å². The van der Waals surface area contributed by atoms with Crippen molar-refractivity contribution in [3.05, 3.63) is 22.1 Å². The number of hydrogen-bond acceptors (Lipinski definition) is 4. The summed E-state index contributed by atoms with van der Waals surface area (Å²) in [6, 6.07) is 0.803. The number of carbonyl (C=O) groups is 1. The molecule has 1 aliphatic rings. The Morgan fingerprint density at radius 1 is 1.74 bits per heavy atom. The van der Waals surface area contributed by atoms with E-state index in [2.05, 4.69) is 0 Å². The van der Waals surface area contributed by atoms with Gasteiger partial charge in [0, 0.05) is 6.42 Å². The normalized spacial score (nSPS) is 23.6. The van der Waals surface area contributed by atoms with Gasteiger partial charge in [-0.15, -0.1) is 11.3 Å². The van der Waals surface area contributed by atoms with Crippen molar-refractivity contribution in [2.24, 2.45) is 0 Å². The zero-order valence-corrected chi connectivity index (χ0v) is 11.5. The minimum absolute atomic E-state index is 0.118. The lowest BCUT2D eigenvalue weighted by Crippen LogP contribution is -2.47. The number of thiophene rings is 1. The third-order valence-electron chi connectivity index (χ3n) is 3.22. The Bertz CT molecular complexity index is 476. The summed E-state index contributed by atoms with van der Waals surface area (Å²) in [5, 5.41) is 20.8. The van der Waals surface area contributed by atoms with Gasteiger partial charge < -0.3 is 14.9 Å². The second-order valence-electron chi connectivity index (χ2n) is 4.95. The molecule has 1 aromatic heterocycles. The van der Waals surface area contributed by atoms with Crippen LogP contribution in [0.15, 0.2) is 11.4 Å². The molecule has 2 atom stereocenters. The minimum Gasteiger partial charge on any atom is -0.465 e. The number of aliphatic hydroxyl groups is 1. The van der Waals surface area contributed by atoms with Gasteiger partial charge in [0.2, 0.25) is 0 Å². The quantitative estimate of drug-likeness (QED) is 0.896. The average Bonchev–Trinajstić information content (AvgIpc) is 2.82. The maximum absolute atomic E-state index is 13.4. The number of aliphatic hydroxyl groups excluding tert-OH is 1. The molecule has 5 nitrogen and oxygen atoms in total. The van der Waals surface area contributed by atoms with Gasteiger partial charge in [-0.1, -0.05) is 0 Å². The molecule has 0 aromatic carbocycles. The average molecular weight is 289 g/mol. The highest BCUT2D eigenvalue weighted by molar-refractivity contribution is 7.10. The Morgan fingerprint density at radius 2 is 2.42 bits per heavy atom. The van der Waals surface area contributed by atoms with Gasteiger partial charge in [0.1, 0.15) is 11.5 Å². The third kappa shape index (κ3) is 2.72. The molecule has 1 aliphatic heterocycles. The first-order valence-corrected chi connectivity index (χ1v) is 6.78. The lowest BCUT2D eigenvalue weighted by molar-refractivity contribution is -0.0430.